The first kappa shape index (κ1) is 26.7. The van der Waals surface area contributed by atoms with Crippen LogP contribution >= 0.6 is 23.1 Å². The van der Waals surface area contributed by atoms with E-state index in [2.05, 4.69) is 25.0 Å². The van der Waals surface area contributed by atoms with E-state index < -0.39 is 70.5 Å². The van der Waals surface area contributed by atoms with Crippen LogP contribution in [-0.4, -0.2) is 87.5 Å². The molecular formula is C17H15F3N6O8S2. The van der Waals surface area contributed by atoms with Crippen molar-refractivity contribution >= 4 is 63.7 Å². The quantitative estimate of drug-likeness (QED) is 0.190. The number of carbonyl (C=O) groups is 5. The lowest BCUT2D eigenvalue weighted by Crippen LogP contribution is -2.71. The molecule has 2 atom stereocenters. The number of carboxylic acid groups (broad SMARTS) is 1. The molecule has 2 aliphatic rings. The van der Waals surface area contributed by atoms with Crippen LogP contribution in [0.15, 0.2) is 21.8 Å². The summed E-state index contributed by atoms with van der Waals surface area (Å²) < 4.78 is 41.9. The van der Waals surface area contributed by atoms with Crippen molar-refractivity contribution in [1.29, 1.82) is 0 Å². The molecule has 0 spiro atoms. The van der Waals surface area contributed by atoms with Gasteiger partial charge in [0.2, 0.25) is 0 Å². The second kappa shape index (κ2) is 10.4. The van der Waals surface area contributed by atoms with Gasteiger partial charge in [-0.25, -0.2) is 14.6 Å². The zero-order valence-electron chi connectivity index (χ0n) is 17.8. The zero-order valence-corrected chi connectivity index (χ0v) is 19.5. The van der Waals surface area contributed by atoms with E-state index in [1.807, 2.05) is 0 Å². The van der Waals surface area contributed by atoms with E-state index in [-0.39, 0.29) is 17.0 Å². The summed E-state index contributed by atoms with van der Waals surface area (Å²) in [5, 5.41) is 16.8. The van der Waals surface area contributed by atoms with Crippen molar-refractivity contribution in [3.63, 3.8) is 0 Å². The van der Waals surface area contributed by atoms with E-state index in [0.717, 1.165) is 29.2 Å². The molecule has 36 heavy (non-hydrogen) atoms. The highest BCUT2D eigenvalue weighted by atomic mass is 32.2. The zero-order chi connectivity index (χ0) is 26.8. The maximum atomic E-state index is 12.8. The smallest absolute Gasteiger partial charge is 0.471 e. The van der Waals surface area contributed by atoms with E-state index in [0.29, 0.717) is 11.3 Å². The summed E-state index contributed by atoms with van der Waals surface area (Å²) in [7, 11) is 1.08. The van der Waals surface area contributed by atoms with E-state index in [9.17, 15) is 42.3 Å². The number of aliphatic carboxylic acids is 1. The monoisotopic (exact) mass is 552 g/mol. The minimum Gasteiger partial charge on any atom is -0.477 e. The van der Waals surface area contributed by atoms with E-state index in [1.165, 1.54) is 5.32 Å². The summed E-state index contributed by atoms with van der Waals surface area (Å²) in [6, 6.07) is -1.19. The third kappa shape index (κ3) is 5.51. The van der Waals surface area contributed by atoms with Gasteiger partial charge in [0, 0.05) is 16.7 Å². The van der Waals surface area contributed by atoms with Crippen molar-refractivity contribution < 1.29 is 51.8 Å². The average molecular weight is 552 g/mol. The molecule has 3 rings (SSSR count). The number of nitrogens with two attached hydrogens (primary N) is 1. The van der Waals surface area contributed by atoms with Crippen molar-refractivity contribution in [2.75, 3.05) is 24.8 Å². The summed E-state index contributed by atoms with van der Waals surface area (Å²) in [5.74, 6) is -5.47. The standard InChI is InChI=1S/C17H15F3N6O8S2/c1-33-25-7(6-4-36-16(22-6)24-14(31)17(18,19)20)10(27)23-8-11(28)26-9(13(29)30)5(2-34-15(21)32)3-35-12(8)26/h4,8,12H,2-3H2,1H3,(H2,21,32)(H,23,27)(H,29,30)(H,22,24,31)/t8?,12-/m0/s1. The predicted molar refractivity (Wildman–Crippen MR) is 116 cm³/mol. The van der Waals surface area contributed by atoms with Gasteiger partial charge in [0.15, 0.2) is 10.8 Å². The first-order valence-corrected chi connectivity index (χ1v) is 11.4. The van der Waals surface area contributed by atoms with E-state index in [4.69, 9.17) is 5.73 Å². The largest absolute Gasteiger partial charge is 0.477 e. The molecular weight excluding hydrogens is 537 g/mol. The highest BCUT2D eigenvalue weighted by Crippen LogP contribution is 2.40. The SMILES string of the molecule is CON=C(C(=O)NC1C(=O)N2C(C(=O)O)=C(COC(N)=O)CS[C@@H]12)c1csc(NC(=O)C(F)(F)F)n1. The summed E-state index contributed by atoms with van der Waals surface area (Å²) in [6.45, 7) is -0.445. The molecule has 1 unspecified atom stereocenters. The third-order valence-electron chi connectivity index (χ3n) is 4.55. The third-order valence-corrected chi connectivity index (χ3v) is 6.64. The van der Waals surface area contributed by atoms with Crippen LogP contribution in [0.3, 0.4) is 0 Å². The lowest BCUT2D eigenvalue weighted by atomic mass is 10.0. The van der Waals surface area contributed by atoms with Crippen LogP contribution < -0.4 is 16.4 Å². The number of fused-ring (bicyclic) bond motifs is 1. The van der Waals surface area contributed by atoms with Gasteiger partial charge in [-0.3, -0.25) is 24.6 Å². The number of β-lactam (4-membered cyclic amide) rings is 1. The number of carboxylic acids is 1. The summed E-state index contributed by atoms with van der Waals surface area (Å²) in [5.41, 5.74) is 3.83. The fraction of sp³-hybridized carbons (Fsp3) is 0.353. The molecule has 14 nitrogen and oxygen atoms in total. The minimum atomic E-state index is -5.16. The molecule has 194 valence electrons. The number of amides is 4. The first-order chi connectivity index (χ1) is 16.8. The molecule has 5 N–H and O–H groups in total. The number of oxime groups is 1. The molecule has 0 aromatic carbocycles. The highest BCUT2D eigenvalue weighted by molar-refractivity contribution is 8.00. The van der Waals surface area contributed by atoms with Gasteiger partial charge in [0.25, 0.3) is 11.8 Å². The Balaban J connectivity index is 1.74. The summed E-state index contributed by atoms with van der Waals surface area (Å²) in [4.78, 5) is 68.4. The highest BCUT2D eigenvalue weighted by Gasteiger charge is 2.54. The van der Waals surface area contributed by atoms with Crippen LogP contribution in [0.2, 0.25) is 0 Å². The summed E-state index contributed by atoms with van der Waals surface area (Å²) in [6.07, 6.45) is -6.29. The Morgan fingerprint density at radius 3 is 2.64 bits per heavy atom. The fourth-order valence-corrected chi connectivity index (χ4v) is 5.08. The lowest BCUT2D eigenvalue weighted by Gasteiger charge is -2.49. The van der Waals surface area contributed by atoms with Crippen molar-refractivity contribution in [2.24, 2.45) is 10.9 Å². The Labute approximate surface area is 206 Å². The normalized spacial score (nSPS) is 19.7. The Morgan fingerprint density at radius 2 is 2.06 bits per heavy atom. The lowest BCUT2D eigenvalue weighted by molar-refractivity contribution is -0.167. The molecule has 19 heteroatoms. The number of rotatable bonds is 8. The average Bonchev–Trinajstić information content (AvgIpc) is 3.25. The van der Waals surface area contributed by atoms with Gasteiger partial charge in [-0.15, -0.1) is 23.1 Å². The van der Waals surface area contributed by atoms with Crippen LogP contribution in [0.5, 0.6) is 0 Å². The molecule has 0 saturated carbocycles. The molecule has 1 saturated heterocycles. The van der Waals surface area contributed by atoms with Crippen molar-refractivity contribution in [1.82, 2.24) is 15.2 Å². The number of aromatic nitrogens is 1. The molecule has 1 aromatic heterocycles. The topological polar surface area (TPSA) is 203 Å². The second-order valence-electron chi connectivity index (χ2n) is 6.84. The van der Waals surface area contributed by atoms with Gasteiger partial charge in [-0.05, 0) is 0 Å². The number of nitrogens with one attached hydrogen (secondary N) is 2. The molecule has 3 heterocycles. The molecule has 2 aliphatic heterocycles. The van der Waals surface area contributed by atoms with Crippen LogP contribution in [0.25, 0.3) is 0 Å². The number of primary amides is 1. The van der Waals surface area contributed by atoms with Crippen LogP contribution in [0.4, 0.5) is 23.1 Å². The van der Waals surface area contributed by atoms with Crippen molar-refractivity contribution in [2.45, 2.75) is 17.6 Å². The fourth-order valence-electron chi connectivity index (χ4n) is 3.07. The van der Waals surface area contributed by atoms with Gasteiger partial charge in [-0.1, -0.05) is 5.16 Å². The van der Waals surface area contributed by atoms with Crippen molar-refractivity contribution in [3.8, 4) is 0 Å². The van der Waals surface area contributed by atoms with Crippen LogP contribution in [0, 0.1) is 0 Å². The molecule has 0 radical (unpaired) electrons. The summed E-state index contributed by atoms with van der Waals surface area (Å²) >= 11 is 1.66. The number of hydrogen-bond donors (Lipinski definition) is 4. The molecule has 1 aromatic rings. The van der Waals surface area contributed by atoms with Gasteiger partial charge in [-0.2, -0.15) is 13.2 Å². The molecule has 4 amide bonds. The molecule has 0 bridgehead atoms. The number of thiazole rings is 1. The number of thioether (sulfide) groups is 1. The first-order valence-electron chi connectivity index (χ1n) is 9.43. The number of anilines is 1. The Bertz CT molecular complexity index is 1180. The Morgan fingerprint density at radius 1 is 1.36 bits per heavy atom. The molecule has 0 aliphatic carbocycles. The number of ether oxygens (including phenoxy) is 1. The van der Waals surface area contributed by atoms with E-state index in [1.54, 1.807) is 0 Å². The van der Waals surface area contributed by atoms with Gasteiger partial charge in [0.05, 0.1) is 0 Å². The number of alkyl halides is 3. The van der Waals surface area contributed by atoms with Gasteiger partial charge >= 0.3 is 24.1 Å². The van der Waals surface area contributed by atoms with Crippen LogP contribution in [-0.2, 0) is 28.8 Å². The maximum Gasteiger partial charge on any atom is 0.471 e. The Kier molecular flexibility index (Phi) is 7.72. The van der Waals surface area contributed by atoms with Crippen molar-refractivity contribution in [3.05, 3.63) is 22.3 Å². The predicted octanol–water partition coefficient (Wildman–Crippen LogP) is -0.172. The number of carbonyl (C=O) groups excluding carboxylic acids is 4. The minimum absolute atomic E-state index is 0.0447. The number of halogens is 3. The maximum absolute atomic E-state index is 12.8. The molecule has 1 fully saturated rings. The Hall–Kier alpha value is -3.87. The van der Waals surface area contributed by atoms with Gasteiger partial charge < -0.3 is 25.7 Å². The van der Waals surface area contributed by atoms with E-state index >= 15 is 0 Å². The number of nitrogens with zero attached hydrogens (tertiary/aromatic N) is 3. The van der Waals surface area contributed by atoms with Crippen LogP contribution in [0.1, 0.15) is 5.69 Å². The number of hydrogen-bond acceptors (Lipinski definition) is 11. The van der Waals surface area contributed by atoms with Gasteiger partial charge in [0.1, 0.15) is 36.5 Å². The second-order valence-corrected chi connectivity index (χ2v) is 8.80.